The van der Waals surface area contributed by atoms with Gasteiger partial charge in [0.05, 0.1) is 25.5 Å². The molecule has 0 fully saturated rings. The van der Waals surface area contributed by atoms with Gasteiger partial charge in [0.2, 0.25) is 5.13 Å². The summed E-state index contributed by atoms with van der Waals surface area (Å²) in [7, 11) is 0. The van der Waals surface area contributed by atoms with Crippen molar-refractivity contribution in [3.63, 3.8) is 0 Å². The number of nitro benzene ring substituents is 1. The molecule has 0 atom stereocenters. The summed E-state index contributed by atoms with van der Waals surface area (Å²) in [4.78, 5) is 20.6. The van der Waals surface area contributed by atoms with Crippen molar-refractivity contribution in [1.82, 2.24) is 4.98 Å². The van der Waals surface area contributed by atoms with E-state index in [1.807, 2.05) is 30.3 Å². The van der Waals surface area contributed by atoms with Gasteiger partial charge in [-0.05, 0) is 29.8 Å². The number of hydrogen-bond acceptors (Lipinski definition) is 5. The van der Waals surface area contributed by atoms with Crippen LogP contribution in [0, 0.1) is 10.1 Å². The fourth-order valence-electron chi connectivity index (χ4n) is 2.84. The van der Waals surface area contributed by atoms with Crippen LogP contribution in [0.15, 0.2) is 77.8 Å². The van der Waals surface area contributed by atoms with Crippen molar-refractivity contribution in [2.45, 2.75) is 0 Å². The van der Waals surface area contributed by atoms with Gasteiger partial charge in [0.25, 0.3) is 5.69 Å². The zero-order chi connectivity index (χ0) is 21.1. The average molecular weight is 454 g/mol. The quantitative estimate of drug-likeness (QED) is 0.179. The molecular weight excluding hydrogens is 441 g/mol. The van der Waals surface area contributed by atoms with Crippen molar-refractivity contribution in [3.8, 4) is 21.7 Å². The fourth-order valence-corrected chi connectivity index (χ4v) is 4.27. The average Bonchev–Trinajstić information content (AvgIpc) is 3.18. The number of halogens is 2. The van der Waals surface area contributed by atoms with Gasteiger partial charge < -0.3 is 0 Å². The Morgan fingerprint density at radius 2 is 1.57 bits per heavy atom. The third-order valence-electron chi connectivity index (χ3n) is 4.31. The molecule has 0 radical (unpaired) electrons. The molecule has 1 aromatic heterocycles. The van der Waals surface area contributed by atoms with Crippen LogP contribution in [-0.2, 0) is 0 Å². The largest absolute Gasteiger partial charge is 0.269 e. The van der Waals surface area contributed by atoms with Crippen LogP contribution in [-0.4, -0.2) is 16.1 Å². The van der Waals surface area contributed by atoms with Crippen LogP contribution >= 0.6 is 34.5 Å². The molecule has 4 aromatic rings. The Morgan fingerprint density at radius 3 is 2.20 bits per heavy atom. The fraction of sp³-hybridized carbons (Fsp3) is 0. The molecule has 0 unspecified atom stereocenters. The molecule has 0 saturated heterocycles. The first kappa shape index (κ1) is 20.2. The Hall–Kier alpha value is -3.06. The minimum absolute atomic E-state index is 0.0381. The summed E-state index contributed by atoms with van der Waals surface area (Å²) in [6.07, 6.45) is 1.60. The summed E-state index contributed by atoms with van der Waals surface area (Å²) in [5.41, 5.74) is 3.17. The van der Waals surface area contributed by atoms with E-state index >= 15 is 0 Å². The summed E-state index contributed by atoms with van der Waals surface area (Å²) >= 11 is 13.8. The van der Waals surface area contributed by atoms with Crippen molar-refractivity contribution >= 4 is 51.6 Å². The lowest BCUT2D eigenvalue weighted by Crippen LogP contribution is -1.87. The predicted octanol–water partition coefficient (Wildman–Crippen LogP) is 7.44. The standard InChI is InChI=1S/C22H13Cl2N3O2S/c23-18-7-4-8-19(24)17(18)13-25-22-26-20(14-5-2-1-3-6-14)21(30-22)15-9-11-16(12-10-15)27(28)29/h1-13H. The van der Waals surface area contributed by atoms with Crippen LogP contribution in [0.25, 0.3) is 21.7 Å². The van der Waals surface area contributed by atoms with E-state index in [0.717, 1.165) is 21.7 Å². The molecular formula is C22H13Cl2N3O2S. The number of aliphatic imine (C=N–C) groups is 1. The minimum Gasteiger partial charge on any atom is -0.258 e. The van der Waals surface area contributed by atoms with Crippen LogP contribution in [0.5, 0.6) is 0 Å². The van der Waals surface area contributed by atoms with Gasteiger partial charge in [0, 0.05) is 29.5 Å². The zero-order valence-corrected chi connectivity index (χ0v) is 17.7. The number of nitrogens with zero attached hydrogens (tertiary/aromatic N) is 3. The van der Waals surface area contributed by atoms with Crippen molar-refractivity contribution < 1.29 is 4.92 Å². The van der Waals surface area contributed by atoms with E-state index < -0.39 is 4.92 Å². The van der Waals surface area contributed by atoms with Gasteiger partial charge in [-0.1, -0.05) is 70.9 Å². The normalized spacial score (nSPS) is 11.1. The molecule has 8 heteroatoms. The highest BCUT2D eigenvalue weighted by molar-refractivity contribution is 7.19. The van der Waals surface area contributed by atoms with Gasteiger partial charge in [0.1, 0.15) is 0 Å². The highest BCUT2D eigenvalue weighted by Gasteiger charge is 2.16. The number of thiazole rings is 1. The van der Waals surface area contributed by atoms with Crippen LogP contribution in [0.3, 0.4) is 0 Å². The molecule has 0 spiro atoms. The molecule has 0 saturated carbocycles. The predicted molar refractivity (Wildman–Crippen MR) is 123 cm³/mol. The van der Waals surface area contributed by atoms with Crippen LogP contribution in [0.2, 0.25) is 10.0 Å². The number of non-ortho nitro benzene ring substituents is 1. The third kappa shape index (κ3) is 4.26. The van der Waals surface area contributed by atoms with E-state index in [-0.39, 0.29) is 5.69 Å². The Morgan fingerprint density at radius 1 is 0.900 bits per heavy atom. The zero-order valence-electron chi connectivity index (χ0n) is 15.3. The lowest BCUT2D eigenvalue weighted by molar-refractivity contribution is -0.384. The first-order valence-corrected chi connectivity index (χ1v) is 10.4. The summed E-state index contributed by atoms with van der Waals surface area (Å²) in [6.45, 7) is 0. The molecule has 5 nitrogen and oxygen atoms in total. The molecule has 3 aromatic carbocycles. The van der Waals surface area contributed by atoms with E-state index in [1.54, 1.807) is 36.5 Å². The Kier molecular flexibility index (Phi) is 5.90. The maximum Gasteiger partial charge on any atom is 0.269 e. The molecule has 148 valence electrons. The van der Waals surface area contributed by atoms with E-state index in [9.17, 15) is 10.1 Å². The molecule has 0 aliphatic heterocycles. The highest BCUT2D eigenvalue weighted by Crippen LogP contribution is 2.40. The SMILES string of the molecule is O=[N+]([O-])c1ccc(-c2sc(N=Cc3c(Cl)cccc3Cl)nc2-c2ccccc2)cc1. The summed E-state index contributed by atoms with van der Waals surface area (Å²) in [6, 6.07) is 21.4. The molecule has 0 aliphatic carbocycles. The van der Waals surface area contributed by atoms with E-state index in [2.05, 4.69) is 9.98 Å². The van der Waals surface area contributed by atoms with Gasteiger partial charge in [-0.2, -0.15) is 0 Å². The number of benzene rings is 3. The number of rotatable bonds is 5. The molecule has 0 aliphatic rings. The van der Waals surface area contributed by atoms with Gasteiger partial charge >= 0.3 is 0 Å². The number of aromatic nitrogens is 1. The summed E-state index contributed by atoms with van der Waals surface area (Å²) in [5, 5.41) is 12.5. The lowest BCUT2D eigenvalue weighted by Gasteiger charge is -2.02. The van der Waals surface area contributed by atoms with Gasteiger partial charge in [-0.25, -0.2) is 9.98 Å². The van der Waals surface area contributed by atoms with Crippen molar-refractivity contribution in [2.24, 2.45) is 4.99 Å². The van der Waals surface area contributed by atoms with E-state index in [4.69, 9.17) is 23.2 Å². The smallest absolute Gasteiger partial charge is 0.258 e. The van der Waals surface area contributed by atoms with Gasteiger partial charge in [0.15, 0.2) is 0 Å². The summed E-state index contributed by atoms with van der Waals surface area (Å²) in [5.74, 6) is 0. The lowest BCUT2D eigenvalue weighted by atomic mass is 10.1. The maximum absolute atomic E-state index is 11.0. The summed E-state index contributed by atoms with van der Waals surface area (Å²) < 4.78 is 0. The monoisotopic (exact) mass is 453 g/mol. The number of hydrogen-bond donors (Lipinski definition) is 0. The maximum atomic E-state index is 11.0. The van der Waals surface area contributed by atoms with Crippen molar-refractivity contribution in [3.05, 3.63) is 98.5 Å². The van der Waals surface area contributed by atoms with E-state index in [1.165, 1.54) is 23.5 Å². The molecule has 30 heavy (non-hydrogen) atoms. The first-order valence-electron chi connectivity index (χ1n) is 8.82. The topological polar surface area (TPSA) is 68.4 Å². The molecule has 1 heterocycles. The molecule has 4 rings (SSSR count). The van der Waals surface area contributed by atoms with Gasteiger partial charge in [-0.15, -0.1) is 0 Å². The second-order valence-corrected chi connectivity index (χ2v) is 8.03. The van der Waals surface area contributed by atoms with E-state index in [0.29, 0.717) is 20.7 Å². The Labute approximate surface area is 186 Å². The second-order valence-electron chi connectivity index (χ2n) is 6.24. The van der Waals surface area contributed by atoms with Crippen molar-refractivity contribution in [2.75, 3.05) is 0 Å². The highest BCUT2D eigenvalue weighted by atomic mass is 35.5. The second kappa shape index (κ2) is 8.75. The number of nitro groups is 1. The Bertz CT molecular complexity index is 1220. The van der Waals surface area contributed by atoms with Crippen LogP contribution in [0.4, 0.5) is 10.8 Å². The third-order valence-corrected chi connectivity index (χ3v) is 5.98. The van der Waals surface area contributed by atoms with Crippen LogP contribution < -0.4 is 0 Å². The van der Waals surface area contributed by atoms with Crippen molar-refractivity contribution in [1.29, 1.82) is 0 Å². The minimum atomic E-state index is -0.419. The Balaban J connectivity index is 1.78. The molecule has 0 amide bonds. The van der Waals surface area contributed by atoms with Gasteiger partial charge in [-0.3, -0.25) is 10.1 Å². The first-order chi connectivity index (χ1) is 14.5. The molecule has 0 bridgehead atoms. The van der Waals surface area contributed by atoms with Crippen LogP contribution in [0.1, 0.15) is 5.56 Å². The molecule has 0 N–H and O–H groups in total.